The van der Waals surface area contributed by atoms with E-state index in [2.05, 4.69) is 5.16 Å². The Bertz CT molecular complexity index is 1150. The van der Waals surface area contributed by atoms with Gasteiger partial charge in [-0.2, -0.15) is 0 Å². The van der Waals surface area contributed by atoms with Gasteiger partial charge in [-0.15, -0.1) is 0 Å². The van der Waals surface area contributed by atoms with Crippen molar-refractivity contribution in [1.82, 2.24) is 14.3 Å². The third-order valence-corrected chi connectivity index (χ3v) is 4.95. The van der Waals surface area contributed by atoms with Crippen LogP contribution in [0.4, 0.5) is 0 Å². The molecule has 1 aromatic carbocycles. The average Bonchev–Trinajstić information content (AvgIpc) is 3.26. The molecule has 2 aromatic heterocycles. The van der Waals surface area contributed by atoms with Crippen molar-refractivity contribution in [1.29, 1.82) is 0 Å². The van der Waals surface area contributed by atoms with Crippen LogP contribution in [-0.2, 0) is 11.3 Å². The zero-order valence-electron chi connectivity index (χ0n) is 15.3. The van der Waals surface area contributed by atoms with Crippen molar-refractivity contribution in [2.45, 2.75) is 31.1 Å². The lowest BCUT2D eigenvalue weighted by Gasteiger charge is -2.18. The molecule has 29 heavy (non-hydrogen) atoms. The highest BCUT2D eigenvalue weighted by atomic mass is 16.6. The summed E-state index contributed by atoms with van der Waals surface area (Å²) in [4.78, 5) is 25.3. The first-order chi connectivity index (χ1) is 14.0. The predicted molar refractivity (Wildman–Crippen MR) is 97.6 cm³/mol. The van der Waals surface area contributed by atoms with Gasteiger partial charge in [-0.05, 0) is 12.1 Å². The molecule has 0 bridgehead atoms. The lowest BCUT2D eigenvalue weighted by molar-refractivity contribution is -0.0555. The summed E-state index contributed by atoms with van der Waals surface area (Å²) < 4.78 is 17.8. The number of benzene rings is 1. The van der Waals surface area contributed by atoms with E-state index in [9.17, 15) is 24.9 Å². The molecule has 11 heteroatoms. The van der Waals surface area contributed by atoms with Crippen molar-refractivity contribution >= 4 is 11.0 Å². The van der Waals surface area contributed by atoms with Crippen molar-refractivity contribution < 1.29 is 29.3 Å². The van der Waals surface area contributed by atoms with Crippen LogP contribution in [0.1, 0.15) is 11.9 Å². The highest BCUT2D eigenvalue weighted by molar-refractivity contribution is 5.86. The minimum absolute atomic E-state index is 0.208. The van der Waals surface area contributed by atoms with Crippen molar-refractivity contribution in [3.8, 4) is 5.75 Å². The molecule has 0 amide bonds. The zero-order valence-corrected chi connectivity index (χ0v) is 15.3. The summed E-state index contributed by atoms with van der Waals surface area (Å²) in [5.74, 6) is 0.478. The molecule has 3 aromatic rings. The molecule has 0 spiro atoms. The lowest BCUT2D eigenvalue weighted by atomic mass is 10.1. The van der Waals surface area contributed by atoms with E-state index in [0.717, 1.165) is 15.2 Å². The normalized spacial score (nSPS) is 24.3. The van der Waals surface area contributed by atoms with Gasteiger partial charge < -0.3 is 29.3 Å². The molecule has 11 nitrogen and oxygen atoms in total. The van der Waals surface area contributed by atoms with Gasteiger partial charge in [-0.3, -0.25) is 13.9 Å². The van der Waals surface area contributed by atoms with E-state index in [1.54, 1.807) is 18.2 Å². The van der Waals surface area contributed by atoms with E-state index in [1.165, 1.54) is 13.3 Å². The molecular weight excluding hydrogens is 386 g/mol. The van der Waals surface area contributed by atoms with Crippen LogP contribution >= 0.6 is 0 Å². The second-order valence-electron chi connectivity index (χ2n) is 6.62. The van der Waals surface area contributed by atoms with Crippen LogP contribution < -0.4 is 16.0 Å². The molecule has 4 unspecified atom stereocenters. The summed E-state index contributed by atoms with van der Waals surface area (Å²) in [6.07, 6.45) is -3.97. The Morgan fingerprint density at radius 3 is 2.69 bits per heavy atom. The summed E-state index contributed by atoms with van der Waals surface area (Å²) in [5, 5.41) is 33.8. The van der Waals surface area contributed by atoms with Crippen molar-refractivity contribution in [2.24, 2.45) is 0 Å². The molecule has 4 rings (SSSR count). The second kappa shape index (κ2) is 7.44. The Labute approximate surface area is 162 Å². The lowest BCUT2D eigenvalue weighted by Crippen LogP contribution is -2.43. The molecule has 154 valence electrons. The second-order valence-corrected chi connectivity index (χ2v) is 6.62. The standard InChI is InChI=1S/C18H19N3O8/c1-27-10-3-2-4-11-14(10)9(19-29-11)7-21-13(23)5-6-20(18(21)26)17-16(25)15(24)12(8-22)28-17/h2-6,12,15-17,22,24-25H,7-8H2,1H3. The molecule has 1 fully saturated rings. The molecule has 4 atom stereocenters. The third kappa shape index (κ3) is 3.13. The summed E-state index contributed by atoms with van der Waals surface area (Å²) in [7, 11) is 1.48. The topological polar surface area (TPSA) is 149 Å². The van der Waals surface area contributed by atoms with Gasteiger partial charge in [0.15, 0.2) is 11.8 Å². The number of methoxy groups -OCH3 is 1. The predicted octanol–water partition coefficient (Wildman–Crippen LogP) is -1.18. The number of aliphatic hydroxyl groups excluding tert-OH is 3. The average molecular weight is 405 g/mol. The van der Waals surface area contributed by atoms with Crippen LogP contribution in [0.2, 0.25) is 0 Å². The third-order valence-electron chi connectivity index (χ3n) is 4.95. The van der Waals surface area contributed by atoms with E-state index in [1.807, 2.05) is 0 Å². The van der Waals surface area contributed by atoms with Gasteiger partial charge in [0.25, 0.3) is 5.56 Å². The number of nitrogens with zero attached hydrogens (tertiary/aromatic N) is 3. The maximum atomic E-state index is 12.9. The fraction of sp³-hybridized carbons (Fsp3) is 0.389. The SMILES string of the molecule is COc1cccc2onc(Cn3c(=O)ccn(C4OC(CO)C(O)C4O)c3=O)c12. The number of hydrogen-bond acceptors (Lipinski definition) is 9. The monoisotopic (exact) mass is 405 g/mol. The Kier molecular flexibility index (Phi) is 4.96. The van der Waals surface area contributed by atoms with Crippen LogP contribution in [0.25, 0.3) is 11.0 Å². The summed E-state index contributed by atoms with van der Waals surface area (Å²) >= 11 is 0. The molecule has 1 aliphatic heterocycles. The quantitative estimate of drug-likeness (QED) is 0.477. The van der Waals surface area contributed by atoms with E-state index in [0.29, 0.717) is 22.4 Å². The number of fused-ring (bicyclic) bond motifs is 1. The van der Waals surface area contributed by atoms with Gasteiger partial charge >= 0.3 is 5.69 Å². The van der Waals surface area contributed by atoms with Gasteiger partial charge in [0, 0.05) is 12.3 Å². The van der Waals surface area contributed by atoms with Crippen molar-refractivity contribution in [3.63, 3.8) is 0 Å². The number of ether oxygens (including phenoxy) is 2. The van der Waals surface area contributed by atoms with Gasteiger partial charge in [-0.1, -0.05) is 11.2 Å². The summed E-state index contributed by atoms with van der Waals surface area (Å²) in [5.41, 5.74) is -0.620. The Balaban J connectivity index is 1.76. The first-order valence-electron chi connectivity index (χ1n) is 8.82. The summed E-state index contributed by atoms with van der Waals surface area (Å²) in [6, 6.07) is 6.24. The largest absolute Gasteiger partial charge is 0.496 e. The first-order valence-corrected chi connectivity index (χ1v) is 8.82. The molecule has 3 heterocycles. The van der Waals surface area contributed by atoms with Gasteiger partial charge in [-0.25, -0.2) is 4.79 Å². The van der Waals surface area contributed by atoms with Crippen LogP contribution in [0.5, 0.6) is 5.75 Å². The maximum Gasteiger partial charge on any atom is 0.333 e. The molecule has 1 saturated heterocycles. The Hall–Kier alpha value is -2.99. The maximum absolute atomic E-state index is 12.9. The highest BCUT2D eigenvalue weighted by Crippen LogP contribution is 2.29. The first kappa shape index (κ1) is 19.3. The molecule has 0 saturated carbocycles. The van der Waals surface area contributed by atoms with E-state index in [-0.39, 0.29) is 6.54 Å². The minimum atomic E-state index is -1.45. The number of aromatic nitrogens is 3. The smallest absolute Gasteiger partial charge is 0.333 e. The fourth-order valence-corrected chi connectivity index (χ4v) is 3.43. The number of hydrogen-bond donors (Lipinski definition) is 3. The molecular formula is C18H19N3O8. The van der Waals surface area contributed by atoms with E-state index in [4.69, 9.17) is 14.0 Å². The Morgan fingerprint density at radius 2 is 2.00 bits per heavy atom. The molecule has 1 aliphatic rings. The van der Waals surface area contributed by atoms with Gasteiger partial charge in [0.1, 0.15) is 29.8 Å². The minimum Gasteiger partial charge on any atom is -0.496 e. The van der Waals surface area contributed by atoms with Crippen LogP contribution in [0.15, 0.2) is 44.6 Å². The van der Waals surface area contributed by atoms with Crippen molar-refractivity contribution in [3.05, 3.63) is 57.0 Å². The van der Waals surface area contributed by atoms with E-state index < -0.39 is 42.4 Å². The van der Waals surface area contributed by atoms with Crippen LogP contribution in [-0.4, -0.2) is 61.6 Å². The number of aliphatic hydroxyl groups is 3. The summed E-state index contributed by atoms with van der Waals surface area (Å²) in [6.45, 7) is -0.742. The van der Waals surface area contributed by atoms with Crippen molar-refractivity contribution in [2.75, 3.05) is 13.7 Å². The van der Waals surface area contributed by atoms with Crippen LogP contribution in [0.3, 0.4) is 0 Å². The zero-order chi connectivity index (χ0) is 20.7. The number of rotatable bonds is 5. The molecule has 0 radical (unpaired) electrons. The van der Waals surface area contributed by atoms with Gasteiger partial charge in [0.05, 0.1) is 25.6 Å². The Morgan fingerprint density at radius 1 is 1.21 bits per heavy atom. The van der Waals surface area contributed by atoms with E-state index >= 15 is 0 Å². The highest BCUT2D eigenvalue weighted by Gasteiger charge is 2.43. The molecule has 3 N–H and O–H groups in total. The molecule has 0 aliphatic carbocycles. The fourth-order valence-electron chi connectivity index (χ4n) is 3.43. The van der Waals surface area contributed by atoms with Gasteiger partial charge in [0.2, 0.25) is 0 Å². The van der Waals surface area contributed by atoms with Crippen LogP contribution in [0, 0.1) is 0 Å².